The highest BCUT2D eigenvalue weighted by atomic mass is 35.5. The molecule has 0 saturated carbocycles. The minimum absolute atomic E-state index is 0.158. The van der Waals surface area contributed by atoms with E-state index in [0.717, 1.165) is 5.56 Å². The van der Waals surface area contributed by atoms with E-state index in [1.54, 1.807) is 12.1 Å². The molecule has 118 valence electrons. The number of hydrogen-bond acceptors (Lipinski definition) is 2. The van der Waals surface area contributed by atoms with Crippen molar-refractivity contribution in [2.24, 2.45) is 0 Å². The average molecular weight is 334 g/mol. The Balaban J connectivity index is 1.75. The van der Waals surface area contributed by atoms with Crippen LogP contribution in [-0.4, -0.2) is 15.5 Å². The molecule has 0 fully saturated rings. The minimum Gasteiger partial charge on any atom is -0.350 e. The van der Waals surface area contributed by atoms with Crippen LogP contribution in [0.2, 0.25) is 5.02 Å². The average Bonchev–Trinajstić information content (AvgIpc) is 2.81. The molecule has 0 aliphatic carbocycles. The fourth-order valence-electron chi connectivity index (χ4n) is 2.33. The van der Waals surface area contributed by atoms with Crippen LogP contribution >= 0.6 is 11.6 Å². The molecule has 0 saturated heterocycles. The summed E-state index contributed by atoms with van der Waals surface area (Å²) in [6.07, 6.45) is 0. The molecule has 0 radical (unpaired) electrons. The molecular formula is C16H13ClFN3O2. The number of imidazole rings is 1. The van der Waals surface area contributed by atoms with E-state index in [1.165, 1.54) is 22.8 Å². The highest BCUT2D eigenvalue weighted by Crippen LogP contribution is 2.14. The second-order valence-corrected chi connectivity index (χ2v) is 5.45. The third-order valence-electron chi connectivity index (χ3n) is 3.47. The normalized spacial score (nSPS) is 10.9. The summed E-state index contributed by atoms with van der Waals surface area (Å²) in [5, 5.41) is 3.27. The number of carbonyl (C=O) groups is 1. The fraction of sp³-hybridized carbons (Fsp3) is 0.125. The standard InChI is InChI=1S/C16H13ClFN3O2/c17-12-4-2-1-3-10(12)8-19-15(22)9-21-14-6-5-11(18)7-13(14)20-16(21)23/h1-7H,8-9H2,(H,19,22)(H,20,23). The lowest BCUT2D eigenvalue weighted by Crippen LogP contribution is -2.31. The molecule has 3 rings (SSSR count). The van der Waals surface area contributed by atoms with Crippen molar-refractivity contribution in [2.45, 2.75) is 13.1 Å². The number of nitrogens with zero attached hydrogens (tertiary/aromatic N) is 1. The molecule has 0 atom stereocenters. The zero-order valence-corrected chi connectivity index (χ0v) is 12.7. The summed E-state index contributed by atoms with van der Waals surface area (Å²) in [6, 6.07) is 11.1. The lowest BCUT2D eigenvalue weighted by Gasteiger charge is -2.07. The van der Waals surface area contributed by atoms with E-state index in [-0.39, 0.29) is 19.0 Å². The largest absolute Gasteiger partial charge is 0.350 e. The van der Waals surface area contributed by atoms with Crippen LogP contribution in [0.1, 0.15) is 5.56 Å². The van der Waals surface area contributed by atoms with Crippen LogP contribution in [0.15, 0.2) is 47.3 Å². The Kier molecular flexibility index (Phi) is 4.16. The number of halogens is 2. The third-order valence-corrected chi connectivity index (χ3v) is 3.84. The number of hydrogen-bond donors (Lipinski definition) is 2. The van der Waals surface area contributed by atoms with Crippen LogP contribution in [0.4, 0.5) is 4.39 Å². The predicted octanol–water partition coefficient (Wildman–Crippen LogP) is 2.44. The van der Waals surface area contributed by atoms with E-state index in [4.69, 9.17) is 11.6 Å². The first kappa shape index (κ1) is 15.3. The topological polar surface area (TPSA) is 66.9 Å². The van der Waals surface area contributed by atoms with Crippen LogP contribution in [0.5, 0.6) is 0 Å². The summed E-state index contributed by atoms with van der Waals surface area (Å²) < 4.78 is 14.4. The fourth-order valence-corrected chi connectivity index (χ4v) is 2.53. The van der Waals surface area contributed by atoms with E-state index < -0.39 is 11.5 Å². The van der Waals surface area contributed by atoms with E-state index in [9.17, 15) is 14.0 Å². The zero-order chi connectivity index (χ0) is 16.4. The molecule has 7 heteroatoms. The Morgan fingerprint density at radius 3 is 2.83 bits per heavy atom. The number of benzene rings is 2. The van der Waals surface area contributed by atoms with Crippen LogP contribution in [0.3, 0.4) is 0 Å². The third kappa shape index (κ3) is 3.27. The van der Waals surface area contributed by atoms with Gasteiger partial charge in [0.2, 0.25) is 5.91 Å². The Morgan fingerprint density at radius 1 is 1.26 bits per heavy atom. The van der Waals surface area contributed by atoms with Gasteiger partial charge in [0.1, 0.15) is 12.4 Å². The van der Waals surface area contributed by atoms with Gasteiger partial charge in [0.05, 0.1) is 11.0 Å². The number of aromatic nitrogens is 2. The smallest absolute Gasteiger partial charge is 0.326 e. The SMILES string of the molecule is O=C(Cn1c(=O)[nH]c2cc(F)ccc21)NCc1ccccc1Cl. The second kappa shape index (κ2) is 6.26. The minimum atomic E-state index is -0.460. The van der Waals surface area contributed by atoms with Crippen molar-refractivity contribution < 1.29 is 9.18 Å². The molecule has 2 aromatic carbocycles. The van der Waals surface area contributed by atoms with Gasteiger partial charge >= 0.3 is 5.69 Å². The van der Waals surface area contributed by atoms with Crippen LogP contribution in [0.25, 0.3) is 11.0 Å². The molecular weight excluding hydrogens is 321 g/mol. The van der Waals surface area contributed by atoms with E-state index >= 15 is 0 Å². The Labute approximate surface area is 135 Å². The zero-order valence-electron chi connectivity index (χ0n) is 12.0. The molecule has 2 N–H and O–H groups in total. The van der Waals surface area contributed by atoms with Crippen molar-refractivity contribution in [1.82, 2.24) is 14.9 Å². The molecule has 0 aliphatic rings. The Bertz CT molecular complexity index is 932. The number of carbonyl (C=O) groups excluding carboxylic acids is 1. The molecule has 23 heavy (non-hydrogen) atoms. The summed E-state index contributed by atoms with van der Waals surface area (Å²) in [5.74, 6) is -0.786. The lowest BCUT2D eigenvalue weighted by atomic mass is 10.2. The first-order valence-electron chi connectivity index (χ1n) is 6.93. The van der Waals surface area contributed by atoms with Gasteiger partial charge in [-0.1, -0.05) is 29.8 Å². The first-order chi connectivity index (χ1) is 11.0. The van der Waals surface area contributed by atoms with Crippen LogP contribution in [0, 0.1) is 5.82 Å². The summed E-state index contributed by atoms with van der Waals surface area (Å²) >= 11 is 6.02. The maximum atomic E-state index is 13.2. The summed E-state index contributed by atoms with van der Waals surface area (Å²) in [4.78, 5) is 26.5. The van der Waals surface area contributed by atoms with Crippen LogP contribution < -0.4 is 11.0 Å². The number of amides is 1. The predicted molar refractivity (Wildman–Crippen MR) is 85.8 cm³/mol. The number of rotatable bonds is 4. The van der Waals surface area contributed by atoms with E-state index in [0.29, 0.717) is 16.1 Å². The van der Waals surface area contributed by atoms with E-state index in [2.05, 4.69) is 10.3 Å². The van der Waals surface area contributed by atoms with E-state index in [1.807, 2.05) is 12.1 Å². The van der Waals surface area contributed by atoms with Gasteiger partial charge in [-0.3, -0.25) is 9.36 Å². The second-order valence-electron chi connectivity index (χ2n) is 5.05. The maximum Gasteiger partial charge on any atom is 0.326 e. The number of aromatic amines is 1. The monoisotopic (exact) mass is 333 g/mol. The molecule has 1 aromatic heterocycles. The van der Waals surface area contributed by atoms with Gasteiger partial charge in [-0.05, 0) is 29.8 Å². The van der Waals surface area contributed by atoms with Crippen molar-refractivity contribution >= 4 is 28.5 Å². The molecule has 0 spiro atoms. The van der Waals surface area contributed by atoms with Gasteiger partial charge in [-0.25, -0.2) is 9.18 Å². The van der Waals surface area contributed by atoms with Crippen molar-refractivity contribution in [3.8, 4) is 0 Å². The molecule has 3 aromatic rings. The van der Waals surface area contributed by atoms with Gasteiger partial charge in [-0.15, -0.1) is 0 Å². The van der Waals surface area contributed by atoms with Gasteiger partial charge in [0, 0.05) is 11.6 Å². The van der Waals surface area contributed by atoms with Crippen molar-refractivity contribution in [2.75, 3.05) is 0 Å². The molecule has 1 amide bonds. The quantitative estimate of drug-likeness (QED) is 0.770. The number of H-pyrrole nitrogens is 1. The Morgan fingerprint density at radius 2 is 2.04 bits per heavy atom. The highest BCUT2D eigenvalue weighted by Gasteiger charge is 2.11. The first-order valence-corrected chi connectivity index (χ1v) is 7.30. The van der Waals surface area contributed by atoms with Gasteiger partial charge < -0.3 is 10.3 Å². The molecule has 5 nitrogen and oxygen atoms in total. The highest BCUT2D eigenvalue weighted by molar-refractivity contribution is 6.31. The van der Waals surface area contributed by atoms with Gasteiger partial charge in [-0.2, -0.15) is 0 Å². The van der Waals surface area contributed by atoms with Crippen molar-refractivity contribution in [1.29, 1.82) is 0 Å². The van der Waals surface area contributed by atoms with Crippen molar-refractivity contribution in [3.05, 3.63) is 69.4 Å². The summed E-state index contributed by atoms with van der Waals surface area (Å²) in [7, 11) is 0. The number of nitrogens with one attached hydrogen (secondary N) is 2. The molecule has 1 heterocycles. The molecule has 0 bridgehead atoms. The molecule has 0 aliphatic heterocycles. The van der Waals surface area contributed by atoms with Gasteiger partial charge in [0.15, 0.2) is 0 Å². The maximum absolute atomic E-state index is 13.2. The Hall–Kier alpha value is -2.60. The van der Waals surface area contributed by atoms with Crippen molar-refractivity contribution in [3.63, 3.8) is 0 Å². The van der Waals surface area contributed by atoms with Crippen LogP contribution in [-0.2, 0) is 17.9 Å². The number of fused-ring (bicyclic) bond motifs is 1. The lowest BCUT2D eigenvalue weighted by molar-refractivity contribution is -0.121. The molecule has 0 unspecified atom stereocenters. The summed E-state index contributed by atoms with van der Waals surface area (Å²) in [6.45, 7) is 0.110. The summed E-state index contributed by atoms with van der Waals surface area (Å²) in [5.41, 5.74) is 1.16. The van der Waals surface area contributed by atoms with Gasteiger partial charge in [0.25, 0.3) is 0 Å².